The van der Waals surface area contributed by atoms with Crippen molar-refractivity contribution in [1.29, 1.82) is 0 Å². The van der Waals surface area contributed by atoms with Crippen LogP contribution < -0.4 is 10.6 Å². The molecular formula is C19H25ClN4O4. The third-order valence-corrected chi connectivity index (χ3v) is 6.15. The molecule has 1 aromatic rings. The van der Waals surface area contributed by atoms with Gasteiger partial charge in [0.1, 0.15) is 11.6 Å². The number of halogens is 1. The fourth-order valence-corrected chi connectivity index (χ4v) is 4.30. The van der Waals surface area contributed by atoms with E-state index in [9.17, 15) is 19.5 Å². The molecule has 4 rings (SSSR count). The second-order valence-corrected chi connectivity index (χ2v) is 8.26. The largest absolute Gasteiger partial charge is 0.383 e. The highest BCUT2D eigenvalue weighted by Crippen LogP contribution is 2.43. The number of aromatic nitrogens is 1. The summed E-state index contributed by atoms with van der Waals surface area (Å²) in [5.74, 6) is -1.00. The number of hydrogen-bond donors (Lipinski definition) is 3. The van der Waals surface area contributed by atoms with E-state index in [2.05, 4.69) is 15.6 Å². The van der Waals surface area contributed by atoms with Crippen molar-refractivity contribution in [3.8, 4) is 0 Å². The fraction of sp³-hybridized carbons (Fsp3) is 0.579. The van der Waals surface area contributed by atoms with E-state index in [0.29, 0.717) is 42.9 Å². The van der Waals surface area contributed by atoms with Crippen LogP contribution in [0.4, 0.5) is 0 Å². The van der Waals surface area contributed by atoms with Crippen LogP contribution in [0.25, 0.3) is 0 Å². The molecule has 4 heterocycles. The third-order valence-electron chi connectivity index (χ3n) is 6.15. The molecule has 2 atom stereocenters. The van der Waals surface area contributed by atoms with Crippen molar-refractivity contribution in [2.75, 3.05) is 13.1 Å². The fourth-order valence-electron chi connectivity index (χ4n) is 4.30. The predicted molar refractivity (Wildman–Crippen MR) is 103 cm³/mol. The smallest absolute Gasteiger partial charge is 0.256 e. The summed E-state index contributed by atoms with van der Waals surface area (Å²) in [7, 11) is 0. The Morgan fingerprint density at radius 3 is 2.68 bits per heavy atom. The Morgan fingerprint density at radius 2 is 2.00 bits per heavy atom. The van der Waals surface area contributed by atoms with Crippen LogP contribution >= 0.6 is 12.4 Å². The van der Waals surface area contributed by atoms with Crippen molar-refractivity contribution >= 4 is 30.1 Å². The molecule has 9 heteroatoms. The highest BCUT2D eigenvalue weighted by Gasteiger charge is 2.48. The average molecular weight is 409 g/mol. The highest BCUT2D eigenvalue weighted by molar-refractivity contribution is 6.05. The number of nitrogens with one attached hydrogen (secondary N) is 2. The maximum atomic E-state index is 12.8. The summed E-state index contributed by atoms with van der Waals surface area (Å²) in [5.41, 5.74) is 0.103. The van der Waals surface area contributed by atoms with Crippen molar-refractivity contribution in [2.24, 2.45) is 5.41 Å². The molecule has 3 aliphatic rings. The monoisotopic (exact) mass is 408 g/mol. The van der Waals surface area contributed by atoms with Crippen LogP contribution in [0.3, 0.4) is 0 Å². The summed E-state index contributed by atoms with van der Waals surface area (Å²) >= 11 is 0. The second kappa shape index (κ2) is 7.09. The summed E-state index contributed by atoms with van der Waals surface area (Å²) in [6.07, 6.45) is 1.08. The first-order chi connectivity index (χ1) is 12.7. The van der Waals surface area contributed by atoms with Crippen LogP contribution in [0, 0.1) is 5.41 Å². The van der Waals surface area contributed by atoms with Gasteiger partial charge in [-0.2, -0.15) is 0 Å². The molecule has 0 saturated carbocycles. The van der Waals surface area contributed by atoms with Crippen LogP contribution in [0.15, 0.2) is 12.1 Å². The zero-order valence-corrected chi connectivity index (χ0v) is 16.8. The molecule has 3 amide bonds. The van der Waals surface area contributed by atoms with Crippen LogP contribution in [0.2, 0.25) is 0 Å². The number of piperidine rings is 2. The van der Waals surface area contributed by atoms with Gasteiger partial charge in [-0.1, -0.05) is 13.8 Å². The number of pyridine rings is 1. The van der Waals surface area contributed by atoms with E-state index in [4.69, 9.17) is 0 Å². The quantitative estimate of drug-likeness (QED) is 0.613. The molecule has 8 nitrogen and oxygen atoms in total. The van der Waals surface area contributed by atoms with E-state index in [1.54, 1.807) is 12.1 Å². The Kier molecular flexibility index (Phi) is 5.24. The topological polar surface area (TPSA) is 112 Å². The Bertz CT molecular complexity index is 843. The van der Waals surface area contributed by atoms with Crippen molar-refractivity contribution < 1.29 is 19.5 Å². The molecule has 2 saturated heterocycles. The van der Waals surface area contributed by atoms with Crippen molar-refractivity contribution in [1.82, 2.24) is 20.5 Å². The van der Waals surface area contributed by atoms with Crippen LogP contribution in [-0.4, -0.2) is 51.8 Å². The lowest BCUT2D eigenvalue weighted by Gasteiger charge is -2.46. The molecule has 3 N–H and O–H groups in total. The maximum Gasteiger partial charge on any atom is 0.256 e. The lowest BCUT2D eigenvalue weighted by molar-refractivity contribution is -0.136. The molecule has 0 bridgehead atoms. The number of nitrogens with zero attached hydrogens (tertiary/aromatic N) is 2. The average Bonchev–Trinajstić information content (AvgIpc) is 2.94. The molecule has 2 fully saturated rings. The first kappa shape index (κ1) is 20.7. The molecule has 0 spiro atoms. The van der Waals surface area contributed by atoms with E-state index in [1.165, 1.54) is 4.90 Å². The SMILES string of the molecule is CC1(C)CNCCC1(O)c1ccc2c(n1)CN(C1CCC(=O)NC1=O)C2=O.Cl. The van der Waals surface area contributed by atoms with E-state index in [-0.39, 0.29) is 37.2 Å². The summed E-state index contributed by atoms with van der Waals surface area (Å²) in [6.45, 7) is 5.57. The Labute approximate surface area is 169 Å². The minimum Gasteiger partial charge on any atom is -0.383 e. The molecule has 2 unspecified atom stereocenters. The molecule has 152 valence electrons. The Balaban J connectivity index is 0.00000225. The van der Waals surface area contributed by atoms with Gasteiger partial charge >= 0.3 is 0 Å². The summed E-state index contributed by atoms with van der Waals surface area (Å²) in [6, 6.07) is 2.76. The first-order valence-electron chi connectivity index (χ1n) is 9.31. The molecule has 0 aromatic carbocycles. The van der Waals surface area contributed by atoms with Gasteiger partial charge in [-0.25, -0.2) is 0 Å². The zero-order chi connectivity index (χ0) is 19.4. The number of carbonyl (C=O) groups is 3. The Hall–Kier alpha value is -2.03. The minimum atomic E-state index is -1.08. The zero-order valence-electron chi connectivity index (χ0n) is 15.9. The molecule has 28 heavy (non-hydrogen) atoms. The van der Waals surface area contributed by atoms with E-state index < -0.39 is 23.0 Å². The number of fused-ring (bicyclic) bond motifs is 1. The van der Waals surface area contributed by atoms with Crippen LogP contribution in [0.1, 0.15) is 54.9 Å². The Morgan fingerprint density at radius 1 is 1.25 bits per heavy atom. The second-order valence-electron chi connectivity index (χ2n) is 8.26. The normalized spacial score (nSPS) is 29.2. The van der Waals surface area contributed by atoms with Gasteiger partial charge < -0.3 is 15.3 Å². The number of aliphatic hydroxyl groups is 1. The lowest BCUT2D eigenvalue weighted by atomic mass is 9.68. The van der Waals surface area contributed by atoms with Gasteiger partial charge in [-0.15, -0.1) is 12.4 Å². The van der Waals surface area contributed by atoms with Gasteiger partial charge in [-0.05, 0) is 31.5 Å². The number of amides is 3. The van der Waals surface area contributed by atoms with Gasteiger partial charge in [-0.3, -0.25) is 24.7 Å². The van der Waals surface area contributed by atoms with Crippen molar-refractivity contribution in [3.63, 3.8) is 0 Å². The predicted octanol–water partition coefficient (Wildman–Crippen LogP) is 0.471. The molecular weight excluding hydrogens is 384 g/mol. The number of hydrogen-bond acceptors (Lipinski definition) is 6. The van der Waals surface area contributed by atoms with Gasteiger partial charge in [0.2, 0.25) is 11.8 Å². The number of rotatable bonds is 2. The van der Waals surface area contributed by atoms with Gasteiger partial charge in [0.15, 0.2) is 0 Å². The van der Waals surface area contributed by atoms with Crippen LogP contribution in [-0.2, 0) is 21.7 Å². The van der Waals surface area contributed by atoms with Crippen molar-refractivity contribution in [3.05, 3.63) is 29.1 Å². The van der Waals surface area contributed by atoms with Gasteiger partial charge in [0, 0.05) is 18.4 Å². The molecule has 3 aliphatic heterocycles. The van der Waals surface area contributed by atoms with Crippen molar-refractivity contribution in [2.45, 2.75) is 51.3 Å². The molecule has 0 radical (unpaired) electrons. The summed E-state index contributed by atoms with van der Waals surface area (Å²) in [4.78, 5) is 42.4. The van der Waals surface area contributed by atoms with E-state index >= 15 is 0 Å². The number of imide groups is 1. The van der Waals surface area contributed by atoms with E-state index in [1.807, 2.05) is 13.8 Å². The van der Waals surface area contributed by atoms with Crippen LogP contribution in [0.5, 0.6) is 0 Å². The highest BCUT2D eigenvalue weighted by atomic mass is 35.5. The van der Waals surface area contributed by atoms with Gasteiger partial charge in [0.25, 0.3) is 5.91 Å². The van der Waals surface area contributed by atoms with Gasteiger partial charge in [0.05, 0.1) is 23.5 Å². The summed E-state index contributed by atoms with van der Waals surface area (Å²) < 4.78 is 0. The number of carbonyl (C=O) groups excluding carboxylic acids is 3. The standard InChI is InChI=1S/C19H24N4O4.ClH/c1-18(2)10-20-8-7-19(18,27)14-5-3-11-12(21-14)9-23(17(11)26)13-4-6-15(24)22-16(13)25;/h3,5,13,20,27H,4,6-10H2,1-2H3,(H,22,24,25);1H. The minimum absolute atomic E-state index is 0. The maximum absolute atomic E-state index is 12.8. The molecule has 1 aromatic heterocycles. The molecule has 0 aliphatic carbocycles. The first-order valence-corrected chi connectivity index (χ1v) is 9.31. The summed E-state index contributed by atoms with van der Waals surface area (Å²) in [5, 5.41) is 16.9. The van der Waals surface area contributed by atoms with E-state index in [0.717, 1.165) is 0 Å². The third kappa shape index (κ3) is 3.09. The lowest BCUT2D eigenvalue weighted by Crippen LogP contribution is -2.54.